The molecule has 174 valence electrons. The van der Waals surface area contributed by atoms with Gasteiger partial charge in [0, 0.05) is 6.54 Å². The molecular weight excluding hydrogens is 398 g/mol. The van der Waals surface area contributed by atoms with E-state index >= 15 is 0 Å². The van der Waals surface area contributed by atoms with E-state index in [9.17, 15) is 14.4 Å². The van der Waals surface area contributed by atoms with Gasteiger partial charge in [0.25, 0.3) is 0 Å². The van der Waals surface area contributed by atoms with Gasteiger partial charge in [-0.15, -0.1) is 0 Å². The maximum absolute atomic E-state index is 13.5. The van der Waals surface area contributed by atoms with Crippen molar-refractivity contribution in [3.63, 3.8) is 0 Å². The van der Waals surface area contributed by atoms with Crippen molar-refractivity contribution >= 4 is 23.9 Å². The molecule has 0 aromatic rings. The van der Waals surface area contributed by atoms with Crippen molar-refractivity contribution in [3.8, 4) is 0 Å². The lowest BCUT2D eigenvalue weighted by Crippen LogP contribution is -2.57. The Kier molecular flexibility index (Phi) is 7.59. The van der Waals surface area contributed by atoms with Gasteiger partial charge in [0.05, 0.1) is 0 Å². The summed E-state index contributed by atoms with van der Waals surface area (Å²) in [6.07, 6.45) is 7.32. The van der Waals surface area contributed by atoms with E-state index in [2.05, 4.69) is 17.2 Å². The Morgan fingerprint density at radius 1 is 1.23 bits per heavy atom. The van der Waals surface area contributed by atoms with Gasteiger partial charge in [0.1, 0.15) is 18.2 Å². The third-order valence-electron chi connectivity index (χ3n) is 6.36. The number of hydrogen-bond acceptors (Lipinski definition) is 6. The van der Waals surface area contributed by atoms with E-state index in [4.69, 9.17) is 9.47 Å². The quantitative estimate of drug-likeness (QED) is 0.617. The van der Waals surface area contributed by atoms with E-state index in [0.717, 1.165) is 44.9 Å². The third kappa shape index (κ3) is 5.77. The highest BCUT2D eigenvalue weighted by Gasteiger charge is 2.44. The molecule has 0 spiro atoms. The molecular formula is C23H37N3O5. The SMILES string of the molecule is CCCC[C@@H]1N=C([C@@H]2CCCN2C(=O)[C@@H](NC(=O)OC2CCCC2)C(C)(C)C)OC1=O. The van der Waals surface area contributed by atoms with Crippen molar-refractivity contribution in [3.05, 3.63) is 0 Å². The second kappa shape index (κ2) is 10.0. The van der Waals surface area contributed by atoms with Crippen LogP contribution in [0.25, 0.3) is 0 Å². The first-order chi connectivity index (χ1) is 14.7. The van der Waals surface area contributed by atoms with Gasteiger partial charge < -0.3 is 19.7 Å². The molecule has 0 unspecified atom stereocenters. The molecule has 0 bridgehead atoms. The molecule has 0 aromatic heterocycles. The number of unbranched alkanes of at least 4 members (excludes halogenated alkanes) is 1. The van der Waals surface area contributed by atoms with E-state index in [1.54, 1.807) is 4.90 Å². The monoisotopic (exact) mass is 435 g/mol. The van der Waals surface area contributed by atoms with Crippen LogP contribution in [0.15, 0.2) is 4.99 Å². The molecule has 3 aliphatic rings. The van der Waals surface area contributed by atoms with Crippen LogP contribution in [-0.4, -0.2) is 59.5 Å². The fourth-order valence-electron chi connectivity index (χ4n) is 4.55. The van der Waals surface area contributed by atoms with Crippen LogP contribution in [0.2, 0.25) is 0 Å². The van der Waals surface area contributed by atoms with E-state index < -0.39 is 23.6 Å². The van der Waals surface area contributed by atoms with Crippen LogP contribution in [0.4, 0.5) is 4.79 Å². The molecule has 1 aliphatic carbocycles. The number of likely N-dealkylation sites (tertiary alicyclic amines) is 1. The van der Waals surface area contributed by atoms with Gasteiger partial charge in [-0.3, -0.25) is 4.79 Å². The average molecular weight is 436 g/mol. The zero-order valence-electron chi connectivity index (χ0n) is 19.3. The molecule has 1 saturated carbocycles. The topological polar surface area (TPSA) is 97.3 Å². The number of esters is 1. The summed E-state index contributed by atoms with van der Waals surface area (Å²) in [5.74, 6) is -0.166. The van der Waals surface area contributed by atoms with Crippen molar-refractivity contribution in [1.82, 2.24) is 10.2 Å². The Labute approximate surface area is 185 Å². The van der Waals surface area contributed by atoms with Gasteiger partial charge in [0.15, 0.2) is 6.04 Å². The molecule has 1 N–H and O–H groups in total. The number of ether oxygens (including phenoxy) is 2. The van der Waals surface area contributed by atoms with E-state index in [1.807, 2.05) is 20.8 Å². The standard InChI is InChI=1S/C23H37N3O5/c1-5-6-12-16-21(28)31-19(24-16)17-13-9-14-26(17)20(27)18(23(2,3)4)25-22(29)30-15-10-7-8-11-15/h15-18H,5-14H2,1-4H3,(H,25,29)/t16-,17-,18+/m0/s1. The van der Waals surface area contributed by atoms with Gasteiger partial charge in [-0.25, -0.2) is 14.6 Å². The summed E-state index contributed by atoms with van der Waals surface area (Å²) in [7, 11) is 0. The summed E-state index contributed by atoms with van der Waals surface area (Å²) >= 11 is 0. The van der Waals surface area contributed by atoms with Gasteiger partial charge in [-0.05, 0) is 50.4 Å². The summed E-state index contributed by atoms with van der Waals surface area (Å²) < 4.78 is 11.0. The van der Waals surface area contributed by atoms with Crippen molar-refractivity contribution < 1.29 is 23.9 Å². The van der Waals surface area contributed by atoms with Gasteiger partial charge in [-0.1, -0.05) is 40.5 Å². The molecule has 8 heteroatoms. The van der Waals surface area contributed by atoms with Crippen molar-refractivity contribution in [2.45, 2.75) is 110 Å². The third-order valence-corrected chi connectivity index (χ3v) is 6.36. The fourth-order valence-corrected chi connectivity index (χ4v) is 4.55. The first-order valence-electron chi connectivity index (χ1n) is 11.8. The van der Waals surface area contributed by atoms with Crippen molar-refractivity contribution in [1.29, 1.82) is 0 Å². The number of carbonyl (C=O) groups excluding carboxylic acids is 3. The molecule has 0 aromatic carbocycles. The number of aliphatic imine (C=N–C) groups is 1. The van der Waals surface area contributed by atoms with Crippen molar-refractivity contribution in [2.75, 3.05) is 6.54 Å². The van der Waals surface area contributed by atoms with Gasteiger partial charge in [-0.2, -0.15) is 0 Å². The normalized spacial score (nSPS) is 25.4. The number of cyclic esters (lactones) is 1. The van der Waals surface area contributed by atoms with Gasteiger partial charge >= 0.3 is 12.1 Å². The molecule has 31 heavy (non-hydrogen) atoms. The number of rotatable bonds is 7. The number of alkyl carbamates (subject to hydrolysis) is 1. The van der Waals surface area contributed by atoms with Crippen LogP contribution < -0.4 is 5.32 Å². The Hall–Kier alpha value is -2.12. The molecule has 3 rings (SSSR count). The van der Waals surface area contributed by atoms with Crippen LogP contribution in [-0.2, 0) is 19.1 Å². The zero-order chi connectivity index (χ0) is 22.6. The van der Waals surface area contributed by atoms with Crippen LogP contribution in [0.5, 0.6) is 0 Å². The average Bonchev–Trinajstić information content (AvgIpc) is 3.44. The second-order valence-corrected chi connectivity index (χ2v) is 9.99. The maximum atomic E-state index is 13.5. The maximum Gasteiger partial charge on any atom is 0.408 e. The lowest BCUT2D eigenvalue weighted by Gasteiger charge is -2.35. The second-order valence-electron chi connectivity index (χ2n) is 9.99. The Morgan fingerprint density at radius 2 is 1.94 bits per heavy atom. The molecule has 3 atom stereocenters. The summed E-state index contributed by atoms with van der Waals surface area (Å²) in [4.78, 5) is 44.5. The van der Waals surface area contributed by atoms with Crippen LogP contribution in [0.1, 0.15) is 85.5 Å². The Morgan fingerprint density at radius 3 is 2.58 bits per heavy atom. The number of amides is 2. The fraction of sp³-hybridized carbons (Fsp3) is 0.826. The Balaban J connectivity index is 1.69. The van der Waals surface area contributed by atoms with Crippen LogP contribution in [0.3, 0.4) is 0 Å². The first-order valence-corrected chi connectivity index (χ1v) is 11.8. The summed E-state index contributed by atoms with van der Waals surface area (Å²) in [6, 6.07) is -1.57. The number of hydrogen-bond donors (Lipinski definition) is 1. The minimum absolute atomic E-state index is 0.0671. The highest BCUT2D eigenvalue weighted by molar-refractivity contribution is 6.01. The molecule has 2 fully saturated rings. The lowest BCUT2D eigenvalue weighted by atomic mass is 9.85. The Bertz CT molecular complexity index is 708. The molecule has 2 aliphatic heterocycles. The van der Waals surface area contributed by atoms with E-state index in [-0.39, 0.29) is 24.0 Å². The minimum atomic E-state index is -0.740. The zero-order valence-corrected chi connectivity index (χ0v) is 19.3. The summed E-state index contributed by atoms with van der Waals surface area (Å²) in [5, 5.41) is 2.82. The van der Waals surface area contributed by atoms with E-state index in [0.29, 0.717) is 25.3 Å². The molecule has 2 heterocycles. The molecule has 0 radical (unpaired) electrons. The van der Waals surface area contributed by atoms with Crippen LogP contribution in [0, 0.1) is 5.41 Å². The first kappa shape index (κ1) is 23.5. The van der Waals surface area contributed by atoms with E-state index in [1.165, 1.54) is 0 Å². The number of nitrogens with zero attached hydrogens (tertiary/aromatic N) is 2. The number of nitrogens with one attached hydrogen (secondary N) is 1. The predicted molar refractivity (Wildman–Crippen MR) is 117 cm³/mol. The number of carbonyl (C=O) groups is 3. The smallest absolute Gasteiger partial charge is 0.408 e. The van der Waals surface area contributed by atoms with Crippen LogP contribution >= 0.6 is 0 Å². The molecule has 1 saturated heterocycles. The summed E-state index contributed by atoms with van der Waals surface area (Å²) in [6.45, 7) is 8.38. The summed E-state index contributed by atoms with van der Waals surface area (Å²) in [5.41, 5.74) is -0.503. The highest BCUT2D eigenvalue weighted by atomic mass is 16.6. The largest absolute Gasteiger partial charge is 0.446 e. The van der Waals surface area contributed by atoms with Crippen molar-refractivity contribution in [2.24, 2.45) is 10.4 Å². The minimum Gasteiger partial charge on any atom is -0.446 e. The highest BCUT2D eigenvalue weighted by Crippen LogP contribution is 2.29. The molecule has 8 nitrogen and oxygen atoms in total. The lowest BCUT2D eigenvalue weighted by molar-refractivity contribution is -0.138. The molecule has 2 amide bonds. The predicted octanol–water partition coefficient (Wildman–Crippen LogP) is 3.58. The van der Waals surface area contributed by atoms with Gasteiger partial charge in [0.2, 0.25) is 11.8 Å².